The lowest BCUT2D eigenvalue weighted by molar-refractivity contribution is -0.385. The van der Waals surface area contributed by atoms with E-state index in [1.165, 1.54) is 6.26 Å². The molecule has 1 aliphatic rings. The number of carbonyl (C=O) groups excluding carboxylic acids is 1. The summed E-state index contributed by atoms with van der Waals surface area (Å²) in [6.45, 7) is 7.87. The number of piperazine rings is 1. The molecular weight excluding hydrogens is 452 g/mol. The van der Waals surface area contributed by atoms with Crippen LogP contribution in [0.1, 0.15) is 34.6 Å². The van der Waals surface area contributed by atoms with Gasteiger partial charge in [-0.3, -0.25) is 20.0 Å². The molecule has 4 heterocycles. The molecule has 0 N–H and O–H groups in total. The summed E-state index contributed by atoms with van der Waals surface area (Å²) in [6, 6.07) is 5.01. The molecule has 1 saturated heterocycles. The fourth-order valence-corrected chi connectivity index (χ4v) is 4.27. The van der Waals surface area contributed by atoms with Gasteiger partial charge in [0.05, 0.1) is 29.1 Å². The Hall–Kier alpha value is -3.86. The molecule has 0 spiro atoms. The van der Waals surface area contributed by atoms with Crippen molar-refractivity contribution in [3.63, 3.8) is 0 Å². The van der Waals surface area contributed by atoms with Crippen molar-refractivity contribution in [2.24, 2.45) is 0 Å². The Balaban J connectivity index is 1.30. The summed E-state index contributed by atoms with van der Waals surface area (Å²) in [7, 11) is 0. The first-order valence-electron chi connectivity index (χ1n) is 11.6. The zero-order valence-corrected chi connectivity index (χ0v) is 19.8. The van der Waals surface area contributed by atoms with Crippen LogP contribution in [-0.4, -0.2) is 70.1 Å². The number of ether oxygens (including phenoxy) is 1. The Bertz CT molecular complexity index is 1160. The van der Waals surface area contributed by atoms with E-state index in [9.17, 15) is 14.9 Å². The number of aryl methyl sites for hydroxylation is 2. The highest BCUT2D eigenvalue weighted by atomic mass is 16.6. The third-order valence-corrected chi connectivity index (χ3v) is 5.99. The second kappa shape index (κ2) is 11.0. The summed E-state index contributed by atoms with van der Waals surface area (Å²) >= 11 is 0. The topological polar surface area (TPSA) is 128 Å². The quantitative estimate of drug-likeness (QED) is 0.194. The van der Waals surface area contributed by atoms with Gasteiger partial charge >= 0.3 is 11.7 Å². The molecule has 0 saturated carbocycles. The number of nitro groups is 1. The SMILES string of the molecule is Cc1nc(C)c([N+](=O)[O-])c(-c2ccco2)c1C(=O)OCCCCN1CCN(c2ncccn2)CC1. The number of hydrogen-bond donors (Lipinski definition) is 0. The average molecular weight is 481 g/mol. The van der Waals surface area contributed by atoms with Gasteiger partial charge in [0.2, 0.25) is 5.95 Å². The molecule has 0 bridgehead atoms. The molecule has 0 aliphatic carbocycles. The molecular formula is C24H28N6O5. The van der Waals surface area contributed by atoms with Crippen molar-refractivity contribution in [1.29, 1.82) is 0 Å². The van der Waals surface area contributed by atoms with E-state index in [1.807, 2.05) is 6.07 Å². The summed E-state index contributed by atoms with van der Waals surface area (Å²) in [5, 5.41) is 11.7. The first kappa shape index (κ1) is 24.3. The Morgan fingerprint density at radius 2 is 1.86 bits per heavy atom. The minimum Gasteiger partial charge on any atom is -0.464 e. The van der Waals surface area contributed by atoms with Crippen molar-refractivity contribution < 1.29 is 18.9 Å². The third-order valence-electron chi connectivity index (χ3n) is 5.99. The number of pyridine rings is 1. The van der Waals surface area contributed by atoms with Gasteiger partial charge in [-0.2, -0.15) is 0 Å². The Morgan fingerprint density at radius 1 is 1.11 bits per heavy atom. The van der Waals surface area contributed by atoms with Crippen LogP contribution in [0.4, 0.5) is 11.6 Å². The molecule has 0 unspecified atom stereocenters. The lowest BCUT2D eigenvalue weighted by Gasteiger charge is -2.34. The summed E-state index contributed by atoms with van der Waals surface area (Å²) in [4.78, 5) is 41.5. The maximum Gasteiger partial charge on any atom is 0.341 e. The first-order valence-corrected chi connectivity index (χ1v) is 11.6. The maximum absolute atomic E-state index is 12.9. The minimum atomic E-state index is -0.638. The van der Waals surface area contributed by atoms with Crippen LogP contribution in [0.2, 0.25) is 0 Å². The van der Waals surface area contributed by atoms with Crippen LogP contribution in [0.5, 0.6) is 0 Å². The molecule has 184 valence electrons. The van der Waals surface area contributed by atoms with Gasteiger partial charge in [0.25, 0.3) is 0 Å². The molecule has 4 rings (SSSR count). The van der Waals surface area contributed by atoms with Gasteiger partial charge in [-0.15, -0.1) is 0 Å². The second-order valence-corrected chi connectivity index (χ2v) is 8.34. The predicted molar refractivity (Wildman–Crippen MR) is 128 cm³/mol. The summed E-state index contributed by atoms with van der Waals surface area (Å²) in [5.74, 6) is 0.354. The summed E-state index contributed by atoms with van der Waals surface area (Å²) in [6.07, 6.45) is 6.46. The van der Waals surface area contributed by atoms with Crippen LogP contribution in [0, 0.1) is 24.0 Å². The van der Waals surface area contributed by atoms with E-state index in [1.54, 1.807) is 38.4 Å². The van der Waals surface area contributed by atoms with Crippen molar-refractivity contribution in [1.82, 2.24) is 19.9 Å². The van der Waals surface area contributed by atoms with E-state index in [0.29, 0.717) is 12.1 Å². The predicted octanol–water partition coefficient (Wildman–Crippen LogP) is 3.42. The fraction of sp³-hybridized carbons (Fsp3) is 0.417. The van der Waals surface area contributed by atoms with Gasteiger partial charge in [0.15, 0.2) is 0 Å². The molecule has 0 amide bonds. The lowest BCUT2D eigenvalue weighted by Crippen LogP contribution is -2.47. The number of nitrogens with zero attached hydrogens (tertiary/aromatic N) is 6. The highest BCUT2D eigenvalue weighted by molar-refractivity contribution is 6.00. The van der Waals surface area contributed by atoms with Crippen molar-refractivity contribution >= 4 is 17.6 Å². The lowest BCUT2D eigenvalue weighted by atomic mass is 10.0. The molecule has 3 aromatic heterocycles. The largest absolute Gasteiger partial charge is 0.464 e. The highest BCUT2D eigenvalue weighted by Crippen LogP contribution is 2.37. The molecule has 0 radical (unpaired) electrons. The Kier molecular flexibility index (Phi) is 7.66. The summed E-state index contributed by atoms with van der Waals surface area (Å²) < 4.78 is 10.9. The van der Waals surface area contributed by atoms with E-state index in [0.717, 1.165) is 45.1 Å². The Labute approximate surface area is 202 Å². The third kappa shape index (κ3) is 5.62. The first-order chi connectivity index (χ1) is 17.0. The van der Waals surface area contributed by atoms with Crippen LogP contribution >= 0.6 is 0 Å². The molecule has 35 heavy (non-hydrogen) atoms. The van der Waals surface area contributed by atoms with E-state index in [-0.39, 0.29) is 34.9 Å². The van der Waals surface area contributed by atoms with Gasteiger partial charge in [0.1, 0.15) is 17.0 Å². The highest BCUT2D eigenvalue weighted by Gasteiger charge is 2.31. The van der Waals surface area contributed by atoms with Crippen molar-refractivity contribution in [2.45, 2.75) is 26.7 Å². The molecule has 3 aromatic rings. The zero-order chi connectivity index (χ0) is 24.8. The van der Waals surface area contributed by atoms with E-state index in [4.69, 9.17) is 9.15 Å². The van der Waals surface area contributed by atoms with E-state index < -0.39 is 10.9 Å². The molecule has 1 aliphatic heterocycles. The number of anilines is 1. The van der Waals surface area contributed by atoms with Crippen molar-refractivity contribution in [3.05, 3.63) is 63.9 Å². The summed E-state index contributed by atoms with van der Waals surface area (Å²) in [5.41, 5.74) is 0.503. The van der Waals surface area contributed by atoms with Gasteiger partial charge in [0, 0.05) is 38.6 Å². The number of esters is 1. The molecule has 0 aromatic carbocycles. The number of aromatic nitrogens is 3. The number of carbonyl (C=O) groups is 1. The monoisotopic (exact) mass is 480 g/mol. The van der Waals surface area contributed by atoms with Crippen LogP contribution < -0.4 is 4.90 Å². The van der Waals surface area contributed by atoms with Crippen molar-refractivity contribution in [2.75, 3.05) is 44.2 Å². The fourth-order valence-electron chi connectivity index (χ4n) is 4.27. The number of hydrogen-bond acceptors (Lipinski definition) is 10. The van der Waals surface area contributed by atoms with Crippen LogP contribution in [0.15, 0.2) is 41.3 Å². The van der Waals surface area contributed by atoms with Crippen LogP contribution in [-0.2, 0) is 4.74 Å². The standard InChI is InChI=1S/C24H28N6O5/c1-17-20(21(19-7-5-16-34-19)22(30(32)33)18(2)27-17)23(31)35-15-4-3-10-28-11-13-29(14-12-28)24-25-8-6-9-26-24/h5-9,16H,3-4,10-15H2,1-2H3. The number of unbranched alkanes of at least 4 members (excludes halogenated alkanes) is 1. The zero-order valence-electron chi connectivity index (χ0n) is 19.8. The van der Waals surface area contributed by atoms with Gasteiger partial charge in [-0.25, -0.2) is 14.8 Å². The van der Waals surface area contributed by atoms with Gasteiger partial charge < -0.3 is 14.1 Å². The van der Waals surface area contributed by atoms with Crippen molar-refractivity contribution in [3.8, 4) is 11.3 Å². The number of furan rings is 1. The molecule has 0 atom stereocenters. The maximum atomic E-state index is 12.9. The molecule has 11 heteroatoms. The molecule has 1 fully saturated rings. The number of rotatable bonds is 9. The Morgan fingerprint density at radius 3 is 2.51 bits per heavy atom. The smallest absolute Gasteiger partial charge is 0.341 e. The van der Waals surface area contributed by atoms with E-state index in [2.05, 4.69) is 24.8 Å². The normalized spacial score (nSPS) is 14.2. The minimum absolute atomic E-state index is 0.0662. The van der Waals surface area contributed by atoms with Gasteiger partial charge in [-0.1, -0.05) is 0 Å². The average Bonchev–Trinajstić information content (AvgIpc) is 3.39. The second-order valence-electron chi connectivity index (χ2n) is 8.34. The van der Waals surface area contributed by atoms with Crippen LogP contribution in [0.3, 0.4) is 0 Å². The van der Waals surface area contributed by atoms with Crippen LogP contribution in [0.25, 0.3) is 11.3 Å². The molecule has 11 nitrogen and oxygen atoms in total. The van der Waals surface area contributed by atoms with Gasteiger partial charge in [-0.05, 0) is 51.4 Å². The van der Waals surface area contributed by atoms with E-state index >= 15 is 0 Å².